The molecule has 0 bridgehead atoms. The van der Waals surface area contributed by atoms with E-state index in [0.29, 0.717) is 10.9 Å². The third-order valence-electron chi connectivity index (χ3n) is 1.86. The summed E-state index contributed by atoms with van der Waals surface area (Å²) in [4.78, 5) is 12.6. The number of pyridine rings is 1. The zero-order valence-corrected chi connectivity index (χ0v) is 11.3. The fraction of sp³-hybridized carbons (Fsp3) is 0.0909. The van der Waals surface area contributed by atoms with Crippen LogP contribution in [0.2, 0.25) is 0 Å². The van der Waals surface area contributed by atoms with Crippen LogP contribution in [0.25, 0.3) is 0 Å². The van der Waals surface area contributed by atoms with E-state index in [1.54, 1.807) is 12.3 Å². The van der Waals surface area contributed by atoms with Gasteiger partial charge in [-0.05, 0) is 52.8 Å². The number of aromatic nitrogens is 3. The lowest BCUT2D eigenvalue weighted by Gasteiger charge is -2.02. The first-order valence-corrected chi connectivity index (χ1v) is 6.34. The normalized spacial score (nSPS) is 9.94. The van der Waals surface area contributed by atoms with Crippen LogP contribution in [-0.4, -0.2) is 15.0 Å². The van der Waals surface area contributed by atoms with Crippen molar-refractivity contribution in [3.63, 3.8) is 0 Å². The van der Waals surface area contributed by atoms with E-state index in [0.717, 1.165) is 15.2 Å². The zero-order valence-electron chi connectivity index (χ0n) is 8.88. The maximum atomic E-state index is 8.83. The second kappa shape index (κ2) is 5.25. The van der Waals surface area contributed by atoms with Crippen LogP contribution in [0.15, 0.2) is 39.1 Å². The van der Waals surface area contributed by atoms with Crippen molar-refractivity contribution in [3.05, 3.63) is 40.3 Å². The van der Waals surface area contributed by atoms with Gasteiger partial charge in [-0.2, -0.15) is 5.26 Å². The summed E-state index contributed by atoms with van der Waals surface area (Å²) >= 11 is 4.73. The molecule has 0 aliphatic carbocycles. The summed E-state index contributed by atoms with van der Waals surface area (Å²) in [7, 11) is 0. The van der Waals surface area contributed by atoms with Gasteiger partial charge in [-0.25, -0.2) is 15.0 Å². The Kier molecular flexibility index (Phi) is 3.71. The minimum Gasteiger partial charge on any atom is -0.248 e. The predicted molar refractivity (Wildman–Crippen MR) is 67.5 cm³/mol. The van der Waals surface area contributed by atoms with Crippen LogP contribution in [-0.2, 0) is 0 Å². The van der Waals surface area contributed by atoms with E-state index >= 15 is 0 Å². The average molecular weight is 307 g/mol. The monoisotopic (exact) mass is 306 g/mol. The van der Waals surface area contributed by atoms with Crippen LogP contribution in [0.5, 0.6) is 0 Å². The number of rotatable bonds is 2. The Morgan fingerprint density at radius 1 is 1.41 bits per heavy atom. The highest BCUT2D eigenvalue weighted by molar-refractivity contribution is 9.10. The third kappa shape index (κ3) is 3.02. The lowest BCUT2D eigenvalue weighted by molar-refractivity contribution is 0.914. The maximum Gasteiger partial charge on any atom is 0.195 e. The highest BCUT2D eigenvalue weighted by Gasteiger charge is 2.07. The van der Waals surface area contributed by atoms with E-state index in [9.17, 15) is 0 Å². The first-order valence-electron chi connectivity index (χ1n) is 4.73. The molecule has 0 saturated carbocycles. The number of nitrogens with zero attached hydrogens (tertiary/aromatic N) is 4. The molecule has 84 valence electrons. The SMILES string of the molecule is Cc1cc(C#N)nc(Sc2ncccc2Br)n1. The molecular formula is C11H7BrN4S. The molecule has 0 aromatic carbocycles. The van der Waals surface area contributed by atoms with Crippen LogP contribution < -0.4 is 0 Å². The first-order chi connectivity index (χ1) is 8.19. The summed E-state index contributed by atoms with van der Waals surface area (Å²) in [5.74, 6) is 0. The van der Waals surface area contributed by atoms with E-state index in [-0.39, 0.29) is 0 Å². The van der Waals surface area contributed by atoms with Gasteiger partial charge in [-0.1, -0.05) is 0 Å². The lowest BCUT2D eigenvalue weighted by Crippen LogP contribution is -1.94. The lowest BCUT2D eigenvalue weighted by atomic mass is 10.4. The Bertz CT molecular complexity index is 594. The van der Waals surface area contributed by atoms with E-state index in [2.05, 4.69) is 30.9 Å². The quantitative estimate of drug-likeness (QED) is 0.798. The molecule has 0 radical (unpaired) electrons. The van der Waals surface area contributed by atoms with Crippen molar-refractivity contribution in [1.82, 2.24) is 15.0 Å². The fourth-order valence-corrected chi connectivity index (χ4v) is 2.46. The van der Waals surface area contributed by atoms with E-state index < -0.39 is 0 Å². The van der Waals surface area contributed by atoms with Gasteiger partial charge in [0.05, 0.1) is 4.47 Å². The highest BCUT2D eigenvalue weighted by atomic mass is 79.9. The minimum atomic E-state index is 0.368. The van der Waals surface area contributed by atoms with Crippen LogP contribution in [0, 0.1) is 18.3 Å². The Labute approximate surface area is 111 Å². The Morgan fingerprint density at radius 3 is 2.94 bits per heavy atom. The summed E-state index contributed by atoms with van der Waals surface area (Å²) in [5, 5.41) is 10.1. The molecule has 0 N–H and O–H groups in total. The van der Waals surface area contributed by atoms with Crippen molar-refractivity contribution >= 4 is 27.7 Å². The molecule has 0 spiro atoms. The molecule has 2 rings (SSSR count). The van der Waals surface area contributed by atoms with Crippen LogP contribution in [0.3, 0.4) is 0 Å². The van der Waals surface area contributed by atoms with Gasteiger partial charge in [-0.3, -0.25) is 0 Å². The molecule has 17 heavy (non-hydrogen) atoms. The molecule has 0 aliphatic rings. The standard InChI is InChI=1S/C11H7BrN4S/c1-7-5-8(6-13)16-11(15-7)17-10-9(12)3-2-4-14-10/h2-5H,1H3. The van der Waals surface area contributed by atoms with E-state index in [1.807, 2.05) is 25.1 Å². The van der Waals surface area contributed by atoms with Gasteiger partial charge in [-0.15, -0.1) is 0 Å². The summed E-state index contributed by atoms with van der Waals surface area (Å²) < 4.78 is 0.883. The van der Waals surface area contributed by atoms with Gasteiger partial charge in [0, 0.05) is 11.9 Å². The maximum absolute atomic E-state index is 8.83. The van der Waals surface area contributed by atoms with Crippen LogP contribution in [0.4, 0.5) is 0 Å². The van der Waals surface area contributed by atoms with Crippen molar-refractivity contribution in [2.24, 2.45) is 0 Å². The Hall–Kier alpha value is -1.45. The van der Waals surface area contributed by atoms with E-state index in [1.165, 1.54) is 11.8 Å². The number of halogens is 1. The molecule has 0 fully saturated rings. The van der Waals surface area contributed by atoms with E-state index in [4.69, 9.17) is 5.26 Å². The second-order valence-electron chi connectivity index (χ2n) is 3.18. The summed E-state index contributed by atoms with van der Waals surface area (Å²) in [6.07, 6.45) is 1.70. The predicted octanol–water partition coefficient (Wildman–Crippen LogP) is 2.97. The summed E-state index contributed by atoms with van der Waals surface area (Å²) in [6, 6.07) is 7.40. The number of hydrogen-bond donors (Lipinski definition) is 0. The van der Waals surface area contributed by atoms with Crippen LogP contribution in [0.1, 0.15) is 11.4 Å². The first kappa shape index (κ1) is 12.0. The number of hydrogen-bond acceptors (Lipinski definition) is 5. The minimum absolute atomic E-state index is 0.368. The van der Waals surface area contributed by atoms with Crippen molar-refractivity contribution in [3.8, 4) is 6.07 Å². The number of aryl methyl sites for hydroxylation is 1. The van der Waals surface area contributed by atoms with Gasteiger partial charge in [0.25, 0.3) is 0 Å². The molecule has 6 heteroatoms. The highest BCUT2D eigenvalue weighted by Crippen LogP contribution is 2.29. The smallest absolute Gasteiger partial charge is 0.195 e. The van der Waals surface area contributed by atoms with Gasteiger partial charge < -0.3 is 0 Å². The van der Waals surface area contributed by atoms with Gasteiger partial charge in [0.1, 0.15) is 16.8 Å². The van der Waals surface area contributed by atoms with Crippen molar-refractivity contribution < 1.29 is 0 Å². The molecule has 0 atom stereocenters. The molecule has 2 aromatic rings. The largest absolute Gasteiger partial charge is 0.248 e. The van der Waals surface area contributed by atoms with Crippen molar-refractivity contribution in [2.45, 2.75) is 17.1 Å². The molecular weight excluding hydrogens is 300 g/mol. The molecule has 0 saturated heterocycles. The van der Waals surface area contributed by atoms with Crippen LogP contribution >= 0.6 is 27.7 Å². The van der Waals surface area contributed by atoms with Crippen molar-refractivity contribution in [2.75, 3.05) is 0 Å². The Balaban J connectivity index is 2.34. The average Bonchev–Trinajstić information content (AvgIpc) is 2.31. The fourth-order valence-electron chi connectivity index (χ4n) is 1.18. The topological polar surface area (TPSA) is 62.5 Å². The number of nitriles is 1. The molecule has 0 aliphatic heterocycles. The molecule has 0 amide bonds. The third-order valence-corrected chi connectivity index (χ3v) is 3.65. The zero-order chi connectivity index (χ0) is 12.3. The van der Waals surface area contributed by atoms with Gasteiger partial charge >= 0.3 is 0 Å². The van der Waals surface area contributed by atoms with Gasteiger partial charge in [0.2, 0.25) is 0 Å². The molecule has 4 nitrogen and oxygen atoms in total. The Morgan fingerprint density at radius 2 is 2.24 bits per heavy atom. The summed E-state index contributed by atoms with van der Waals surface area (Å²) in [5.41, 5.74) is 1.14. The summed E-state index contributed by atoms with van der Waals surface area (Å²) in [6.45, 7) is 1.83. The molecule has 2 aromatic heterocycles. The van der Waals surface area contributed by atoms with Gasteiger partial charge in [0.15, 0.2) is 5.16 Å². The van der Waals surface area contributed by atoms with Crippen molar-refractivity contribution in [1.29, 1.82) is 5.26 Å². The molecule has 0 unspecified atom stereocenters. The second-order valence-corrected chi connectivity index (χ2v) is 4.99. The molecule has 2 heterocycles.